The number of nitrogens with zero attached hydrogens (tertiary/aromatic N) is 4. The third kappa shape index (κ3) is 4.64. The zero-order chi connectivity index (χ0) is 23.5. The number of carbonyl (C=O) groups is 2. The lowest BCUT2D eigenvalue weighted by atomic mass is 9.96. The minimum absolute atomic E-state index is 0.0782. The highest BCUT2D eigenvalue weighted by molar-refractivity contribution is 7.89. The molecule has 1 fully saturated rings. The summed E-state index contributed by atoms with van der Waals surface area (Å²) in [6.45, 7) is 7.72. The zero-order valence-electron chi connectivity index (χ0n) is 19.7. The molecule has 2 aliphatic heterocycles. The van der Waals surface area contributed by atoms with Gasteiger partial charge in [-0.2, -0.15) is 4.31 Å². The number of hydrogen-bond donors (Lipinski definition) is 0. The van der Waals surface area contributed by atoms with Crippen LogP contribution in [-0.2, 0) is 19.6 Å². The van der Waals surface area contributed by atoms with Crippen molar-refractivity contribution in [1.82, 2.24) is 9.21 Å². The van der Waals surface area contributed by atoms with Gasteiger partial charge in [-0.1, -0.05) is 27.2 Å². The Balaban J connectivity index is 2.02. The molecule has 2 amide bonds. The fraction of sp³-hybridized carbons (Fsp3) is 0.652. The Hall–Kier alpha value is -2.13. The second-order valence-corrected chi connectivity index (χ2v) is 10.5. The van der Waals surface area contributed by atoms with Crippen LogP contribution in [0.15, 0.2) is 23.1 Å². The molecule has 2 heterocycles. The Kier molecular flexibility index (Phi) is 7.82. The quantitative estimate of drug-likeness (QED) is 0.561. The van der Waals surface area contributed by atoms with Gasteiger partial charge in [0.15, 0.2) is 0 Å². The molecule has 0 saturated carbocycles. The highest BCUT2D eigenvalue weighted by Crippen LogP contribution is 2.41. The lowest BCUT2D eigenvalue weighted by molar-refractivity contribution is -0.130. The van der Waals surface area contributed by atoms with Crippen LogP contribution in [0.1, 0.15) is 52.9 Å². The Morgan fingerprint density at radius 3 is 2.50 bits per heavy atom. The first-order valence-corrected chi connectivity index (χ1v) is 13.2. The summed E-state index contributed by atoms with van der Waals surface area (Å²) in [6.07, 6.45) is 4.58. The molecule has 0 bridgehead atoms. The molecule has 1 aromatic rings. The normalized spacial score (nSPS) is 18.5. The number of likely N-dealkylation sites (N-methyl/N-ethyl adjacent to an activating group) is 1. The van der Waals surface area contributed by atoms with Gasteiger partial charge in [0.05, 0.1) is 16.3 Å². The van der Waals surface area contributed by atoms with Crippen LogP contribution in [0.3, 0.4) is 0 Å². The topological polar surface area (TPSA) is 81.2 Å². The number of amides is 2. The molecule has 32 heavy (non-hydrogen) atoms. The van der Waals surface area contributed by atoms with Gasteiger partial charge in [-0.15, -0.1) is 0 Å². The molecule has 8 nitrogen and oxygen atoms in total. The van der Waals surface area contributed by atoms with Crippen molar-refractivity contribution in [3.05, 3.63) is 18.2 Å². The van der Waals surface area contributed by atoms with Crippen molar-refractivity contribution < 1.29 is 18.0 Å². The maximum absolute atomic E-state index is 13.5. The van der Waals surface area contributed by atoms with Crippen LogP contribution in [0.5, 0.6) is 0 Å². The molecular formula is C23H36N4O4S. The number of rotatable bonds is 9. The van der Waals surface area contributed by atoms with E-state index >= 15 is 0 Å². The number of fused-ring (bicyclic) bond motifs is 3. The van der Waals surface area contributed by atoms with Crippen molar-refractivity contribution in [2.24, 2.45) is 0 Å². The largest absolute Gasteiger partial charge is 0.358 e. The van der Waals surface area contributed by atoms with Gasteiger partial charge in [-0.05, 0) is 43.9 Å². The van der Waals surface area contributed by atoms with Crippen molar-refractivity contribution in [2.45, 2.75) is 63.8 Å². The van der Waals surface area contributed by atoms with Crippen molar-refractivity contribution in [3.63, 3.8) is 0 Å². The SMILES string of the molecule is CCCCN(C)C(=O)CN1C(=O)C2CCCCN2c2ccc(S(=O)(=O)N(CC)CC)cc21. The molecule has 0 radical (unpaired) electrons. The average molecular weight is 465 g/mol. The molecule has 0 N–H and O–H groups in total. The van der Waals surface area contributed by atoms with Gasteiger partial charge in [-0.3, -0.25) is 14.5 Å². The van der Waals surface area contributed by atoms with Crippen LogP contribution in [0, 0.1) is 0 Å². The number of sulfonamides is 1. The number of carbonyl (C=O) groups excluding carboxylic acids is 2. The first-order valence-electron chi connectivity index (χ1n) is 11.7. The van der Waals surface area contributed by atoms with E-state index in [2.05, 4.69) is 11.8 Å². The van der Waals surface area contributed by atoms with Crippen molar-refractivity contribution >= 4 is 33.2 Å². The molecule has 0 aromatic heterocycles. The van der Waals surface area contributed by atoms with Crippen LogP contribution < -0.4 is 9.80 Å². The zero-order valence-corrected chi connectivity index (χ0v) is 20.5. The van der Waals surface area contributed by atoms with Gasteiger partial charge in [-0.25, -0.2) is 8.42 Å². The van der Waals surface area contributed by atoms with Gasteiger partial charge in [0.25, 0.3) is 0 Å². The van der Waals surface area contributed by atoms with Gasteiger partial charge < -0.3 is 9.80 Å². The Labute approximate surface area is 192 Å². The average Bonchev–Trinajstić information content (AvgIpc) is 2.80. The van der Waals surface area contributed by atoms with Gasteiger partial charge in [0.2, 0.25) is 21.8 Å². The number of benzene rings is 1. The molecule has 178 valence electrons. The summed E-state index contributed by atoms with van der Waals surface area (Å²) < 4.78 is 27.7. The van der Waals surface area contributed by atoms with E-state index in [1.165, 1.54) is 9.21 Å². The van der Waals surface area contributed by atoms with E-state index < -0.39 is 10.0 Å². The number of anilines is 2. The molecule has 3 rings (SSSR count). The fourth-order valence-corrected chi connectivity index (χ4v) is 6.03. The highest BCUT2D eigenvalue weighted by atomic mass is 32.2. The van der Waals surface area contributed by atoms with E-state index in [-0.39, 0.29) is 29.3 Å². The predicted octanol–water partition coefficient (Wildman–Crippen LogP) is 2.68. The molecule has 1 saturated heterocycles. The summed E-state index contributed by atoms with van der Waals surface area (Å²) in [6, 6.07) is 4.71. The maximum atomic E-state index is 13.5. The molecule has 1 aromatic carbocycles. The second-order valence-electron chi connectivity index (χ2n) is 8.54. The summed E-state index contributed by atoms with van der Waals surface area (Å²) in [7, 11) is -1.93. The summed E-state index contributed by atoms with van der Waals surface area (Å²) >= 11 is 0. The number of piperidine rings is 1. The van der Waals surface area contributed by atoms with E-state index in [1.807, 2.05) is 0 Å². The third-order valence-electron chi connectivity index (χ3n) is 6.51. The van der Waals surface area contributed by atoms with E-state index in [4.69, 9.17) is 0 Å². The first-order chi connectivity index (χ1) is 15.3. The minimum Gasteiger partial charge on any atom is -0.358 e. The summed E-state index contributed by atoms with van der Waals surface area (Å²) in [5.41, 5.74) is 1.34. The number of hydrogen-bond acceptors (Lipinski definition) is 5. The first kappa shape index (κ1) is 24.5. The Bertz CT molecular complexity index is 945. The standard InChI is InChI=1S/C23H36N4O4S/c1-5-8-14-24(4)22(28)17-27-21-16-18(32(30,31)25(6-2)7-3)12-13-19(21)26-15-10-9-11-20(26)23(27)29/h12-13,16,20H,5-11,14-15,17H2,1-4H3. The number of unbranched alkanes of at least 4 members (excludes halogenated alkanes) is 1. The van der Waals surface area contributed by atoms with E-state index in [0.29, 0.717) is 25.3 Å². The summed E-state index contributed by atoms with van der Waals surface area (Å²) in [5, 5.41) is 0. The smallest absolute Gasteiger partial charge is 0.250 e. The molecule has 1 atom stereocenters. The minimum atomic E-state index is -3.68. The third-order valence-corrected chi connectivity index (χ3v) is 8.56. The fourth-order valence-electron chi connectivity index (χ4n) is 4.55. The summed E-state index contributed by atoms with van der Waals surface area (Å²) in [4.78, 5) is 31.8. The molecule has 9 heteroatoms. The molecule has 2 aliphatic rings. The van der Waals surface area contributed by atoms with Crippen LogP contribution in [0.25, 0.3) is 0 Å². The predicted molar refractivity (Wildman–Crippen MR) is 126 cm³/mol. The highest BCUT2D eigenvalue weighted by Gasteiger charge is 2.41. The van der Waals surface area contributed by atoms with Crippen molar-refractivity contribution in [1.29, 1.82) is 0 Å². The van der Waals surface area contributed by atoms with E-state index in [0.717, 1.165) is 44.3 Å². The maximum Gasteiger partial charge on any atom is 0.250 e. The molecule has 0 spiro atoms. The lowest BCUT2D eigenvalue weighted by Crippen LogP contribution is -2.57. The van der Waals surface area contributed by atoms with Gasteiger partial charge in [0.1, 0.15) is 12.6 Å². The molecule has 1 unspecified atom stereocenters. The van der Waals surface area contributed by atoms with Gasteiger partial charge in [0, 0.05) is 33.2 Å². The monoisotopic (exact) mass is 464 g/mol. The summed E-state index contributed by atoms with van der Waals surface area (Å²) in [5.74, 6) is -0.258. The van der Waals surface area contributed by atoms with Crippen LogP contribution in [-0.4, -0.2) is 75.3 Å². The van der Waals surface area contributed by atoms with E-state index in [9.17, 15) is 18.0 Å². The molecule has 0 aliphatic carbocycles. The Morgan fingerprint density at radius 2 is 1.84 bits per heavy atom. The van der Waals surface area contributed by atoms with E-state index in [1.54, 1.807) is 44.0 Å². The van der Waals surface area contributed by atoms with Crippen LogP contribution in [0.4, 0.5) is 11.4 Å². The lowest BCUT2D eigenvalue weighted by Gasteiger charge is -2.45. The Morgan fingerprint density at radius 1 is 1.12 bits per heavy atom. The van der Waals surface area contributed by atoms with Gasteiger partial charge >= 0.3 is 0 Å². The second kappa shape index (κ2) is 10.2. The van der Waals surface area contributed by atoms with Crippen molar-refractivity contribution in [2.75, 3.05) is 49.6 Å². The van der Waals surface area contributed by atoms with Crippen molar-refractivity contribution in [3.8, 4) is 0 Å². The van der Waals surface area contributed by atoms with Crippen LogP contribution in [0.2, 0.25) is 0 Å². The molecular weight excluding hydrogens is 428 g/mol. The van der Waals surface area contributed by atoms with Crippen LogP contribution >= 0.6 is 0 Å².